The van der Waals surface area contributed by atoms with Gasteiger partial charge in [0, 0.05) is 65.6 Å². The van der Waals surface area contributed by atoms with E-state index in [-0.39, 0.29) is 6.10 Å². The van der Waals surface area contributed by atoms with E-state index in [2.05, 4.69) is 88.5 Å². The minimum atomic E-state index is -0.363. The summed E-state index contributed by atoms with van der Waals surface area (Å²) < 4.78 is 0. The quantitative estimate of drug-likeness (QED) is 0.194. The van der Waals surface area contributed by atoms with Crippen LogP contribution in [0.25, 0.3) is 21.8 Å². The van der Waals surface area contributed by atoms with Gasteiger partial charge in [-0.25, -0.2) is 0 Å². The van der Waals surface area contributed by atoms with E-state index in [1.807, 2.05) is 6.20 Å². The summed E-state index contributed by atoms with van der Waals surface area (Å²) in [6.45, 7) is 4.91. The molecular weight excluding hydrogens is 661 g/mol. The lowest BCUT2D eigenvalue weighted by atomic mass is 9.96. The van der Waals surface area contributed by atoms with Crippen LogP contribution < -0.4 is 4.90 Å². The van der Waals surface area contributed by atoms with Gasteiger partial charge in [0.1, 0.15) is 0 Å². The standard InChI is InChI=1S/C49H72N4O/c1-40-37-46-41(25-22-31-48(46)51-40)33-34-44(54)39-52-38-43-28-20-19-27-42(52)26-18-16-14-12-10-8-6-4-2-3-5-7-9-11-13-15-17-21-36-53(43)49-32-23-30-47-45(49)29-24-35-50-47/h19-20,22-25,29-32,35,37,42-44,51,54H,2-18,21,26-28,33-34,36,38-39H2,1H3. The molecule has 2 aromatic carbocycles. The molecule has 4 heterocycles. The van der Waals surface area contributed by atoms with Gasteiger partial charge in [-0.1, -0.05) is 140 Å². The van der Waals surface area contributed by atoms with Crippen molar-refractivity contribution in [3.8, 4) is 0 Å². The first-order valence-electron chi connectivity index (χ1n) is 22.4. The summed E-state index contributed by atoms with van der Waals surface area (Å²) in [5, 5.41) is 14.4. The number of hydrogen-bond donors (Lipinski definition) is 2. The van der Waals surface area contributed by atoms with E-state index in [1.165, 1.54) is 155 Å². The van der Waals surface area contributed by atoms with Gasteiger partial charge in [-0.05, 0) is 87.4 Å². The first-order chi connectivity index (χ1) is 26.7. The minimum absolute atomic E-state index is 0.341. The van der Waals surface area contributed by atoms with Crippen molar-refractivity contribution < 1.29 is 5.11 Å². The van der Waals surface area contributed by atoms with Gasteiger partial charge in [0.15, 0.2) is 0 Å². The maximum Gasteiger partial charge on any atom is 0.0722 e. The van der Waals surface area contributed by atoms with Gasteiger partial charge in [-0.15, -0.1) is 0 Å². The Labute approximate surface area is 328 Å². The van der Waals surface area contributed by atoms with E-state index >= 15 is 0 Å². The second-order valence-electron chi connectivity index (χ2n) is 16.9. The van der Waals surface area contributed by atoms with Crippen LogP contribution in [0.5, 0.6) is 0 Å². The molecule has 0 saturated carbocycles. The Hall–Kier alpha value is -3.15. The van der Waals surface area contributed by atoms with Crippen LogP contribution in [0.2, 0.25) is 0 Å². The highest BCUT2D eigenvalue weighted by atomic mass is 16.3. The fourth-order valence-corrected chi connectivity index (χ4v) is 9.49. The van der Waals surface area contributed by atoms with Crippen molar-refractivity contribution in [1.82, 2.24) is 14.9 Å². The molecule has 1 fully saturated rings. The van der Waals surface area contributed by atoms with Crippen molar-refractivity contribution in [3.05, 3.63) is 84.2 Å². The Morgan fingerprint density at radius 3 is 2.04 bits per heavy atom. The number of nitrogens with one attached hydrogen (secondary N) is 1. The summed E-state index contributed by atoms with van der Waals surface area (Å²) in [5.41, 5.74) is 6.14. The molecule has 294 valence electrons. The smallest absolute Gasteiger partial charge is 0.0722 e. The van der Waals surface area contributed by atoms with Gasteiger partial charge in [-0.2, -0.15) is 0 Å². The zero-order chi connectivity index (χ0) is 37.2. The summed E-state index contributed by atoms with van der Waals surface area (Å²) in [4.78, 5) is 13.7. The third kappa shape index (κ3) is 12.4. The van der Waals surface area contributed by atoms with Gasteiger partial charge in [-0.3, -0.25) is 9.88 Å². The summed E-state index contributed by atoms with van der Waals surface area (Å²) in [6, 6.07) is 20.7. The van der Waals surface area contributed by atoms with Crippen molar-refractivity contribution >= 4 is 27.5 Å². The zero-order valence-corrected chi connectivity index (χ0v) is 33.8. The van der Waals surface area contributed by atoms with Gasteiger partial charge in [0.05, 0.1) is 11.6 Å². The Balaban J connectivity index is 1.20. The average Bonchev–Trinajstić information content (AvgIpc) is 3.57. The Morgan fingerprint density at radius 1 is 0.704 bits per heavy atom. The molecule has 4 aromatic rings. The average molecular weight is 733 g/mol. The number of aromatic amines is 1. The summed E-state index contributed by atoms with van der Waals surface area (Å²) >= 11 is 0. The maximum absolute atomic E-state index is 11.8. The maximum atomic E-state index is 11.8. The van der Waals surface area contributed by atoms with Crippen LogP contribution in [-0.2, 0) is 6.42 Å². The van der Waals surface area contributed by atoms with Crippen LogP contribution in [0, 0.1) is 6.92 Å². The molecule has 5 nitrogen and oxygen atoms in total. The van der Waals surface area contributed by atoms with Crippen molar-refractivity contribution in [2.24, 2.45) is 0 Å². The van der Waals surface area contributed by atoms with Crippen LogP contribution in [0.3, 0.4) is 0 Å². The highest BCUT2D eigenvalue weighted by molar-refractivity contribution is 5.92. The highest BCUT2D eigenvalue weighted by Crippen LogP contribution is 2.31. The second kappa shape index (κ2) is 22.4. The lowest BCUT2D eigenvalue weighted by Crippen LogP contribution is -2.50. The fraction of sp³-hybridized carbons (Fsp3) is 0.612. The highest BCUT2D eigenvalue weighted by Gasteiger charge is 2.29. The molecule has 0 radical (unpaired) electrons. The Morgan fingerprint density at radius 2 is 1.33 bits per heavy atom. The summed E-state index contributed by atoms with van der Waals surface area (Å²) in [5.74, 6) is 0. The molecule has 0 aliphatic carbocycles. The van der Waals surface area contributed by atoms with Crippen LogP contribution in [0.1, 0.15) is 153 Å². The molecule has 3 atom stereocenters. The number of H-pyrrole nitrogens is 1. The molecule has 2 aromatic heterocycles. The molecule has 6 rings (SSSR count). The number of rotatable bonds is 6. The lowest BCUT2D eigenvalue weighted by molar-refractivity contribution is 0.0722. The number of aliphatic hydroxyl groups is 1. The van der Waals surface area contributed by atoms with Crippen molar-refractivity contribution in [3.63, 3.8) is 0 Å². The van der Waals surface area contributed by atoms with E-state index in [0.717, 1.165) is 50.8 Å². The molecule has 1 saturated heterocycles. The number of aromatic nitrogens is 2. The molecular formula is C49H72N4O. The molecule has 54 heavy (non-hydrogen) atoms. The number of pyridine rings is 1. The number of aliphatic hydroxyl groups excluding tert-OH is 1. The first-order valence-corrected chi connectivity index (χ1v) is 22.4. The SMILES string of the molecule is Cc1cc2c(CCC(O)CN3CC4CC=CCC3CCCCCCCCCCCCCCCCCCCCN4c3cccc4ncccc34)cccc2[nH]1. The van der Waals surface area contributed by atoms with E-state index in [9.17, 15) is 5.11 Å². The van der Waals surface area contributed by atoms with Crippen LogP contribution in [0.15, 0.2) is 72.9 Å². The number of anilines is 1. The van der Waals surface area contributed by atoms with Crippen molar-refractivity contribution in [2.45, 2.75) is 173 Å². The largest absolute Gasteiger partial charge is 0.392 e. The van der Waals surface area contributed by atoms with E-state index < -0.39 is 0 Å². The van der Waals surface area contributed by atoms with Crippen LogP contribution >= 0.6 is 0 Å². The second-order valence-corrected chi connectivity index (χ2v) is 16.9. The molecule has 2 N–H and O–H groups in total. The molecule has 5 heteroatoms. The third-order valence-corrected chi connectivity index (χ3v) is 12.6. The van der Waals surface area contributed by atoms with Gasteiger partial charge < -0.3 is 15.0 Å². The molecule has 3 unspecified atom stereocenters. The van der Waals surface area contributed by atoms with Crippen LogP contribution in [0.4, 0.5) is 5.69 Å². The molecule has 2 bridgehead atoms. The van der Waals surface area contributed by atoms with E-state index in [1.54, 1.807) is 0 Å². The number of aryl methyl sites for hydroxylation is 2. The fourth-order valence-electron chi connectivity index (χ4n) is 9.49. The van der Waals surface area contributed by atoms with E-state index in [4.69, 9.17) is 4.98 Å². The predicted octanol–water partition coefficient (Wildman–Crippen LogP) is 12.6. The van der Waals surface area contributed by atoms with Gasteiger partial charge in [0.25, 0.3) is 0 Å². The lowest BCUT2D eigenvalue weighted by Gasteiger charge is -2.42. The number of benzene rings is 2. The van der Waals surface area contributed by atoms with Crippen molar-refractivity contribution in [1.29, 1.82) is 0 Å². The molecule has 0 spiro atoms. The molecule has 2 aliphatic rings. The number of hydrogen-bond acceptors (Lipinski definition) is 4. The first kappa shape index (κ1) is 40.5. The summed E-state index contributed by atoms with van der Waals surface area (Å²) in [6.07, 6.45) is 36.3. The summed E-state index contributed by atoms with van der Waals surface area (Å²) in [7, 11) is 0. The topological polar surface area (TPSA) is 55.4 Å². The predicted molar refractivity (Wildman–Crippen MR) is 232 cm³/mol. The van der Waals surface area contributed by atoms with Gasteiger partial charge in [0.2, 0.25) is 0 Å². The molecule has 0 amide bonds. The molecule has 2 aliphatic heterocycles. The van der Waals surface area contributed by atoms with E-state index in [0.29, 0.717) is 12.1 Å². The zero-order valence-electron chi connectivity index (χ0n) is 33.8. The minimum Gasteiger partial charge on any atom is -0.392 e. The van der Waals surface area contributed by atoms with Gasteiger partial charge >= 0.3 is 0 Å². The number of fused-ring (bicyclic) bond motifs is 5. The third-order valence-electron chi connectivity index (χ3n) is 12.6. The normalized spacial score (nSPS) is 22.4. The van der Waals surface area contributed by atoms with Crippen molar-refractivity contribution in [2.75, 3.05) is 24.5 Å². The van der Waals surface area contributed by atoms with Crippen LogP contribution in [-0.4, -0.2) is 57.8 Å². The Kier molecular flexibility index (Phi) is 16.8. The monoisotopic (exact) mass is 733 g/mol. The number of nitrogens with zero attached hydrogens (tertiary/aromatic N) is 3. The Bertz CT molecular complexity index is 1670.